The highest BCUT2D eigenvalue weighted by Crippen LogP contribution is 2.13. The van der Waals surface area contributed by atoms with E-state index >= 15 is 0 Å². The number of rotatable bonds is 6. The first-order valence-corrected chi connectivity index (χ1v) is 8.90. The molecule has 134 valence electrons. The molecule has 0 aromatic heterocycles. The van der Waals surface area contributed by atoms with Gasteiger partial charge in [0.05, 0.1) is 6.10 Å². The number of ether oxygens (including phenoxy) is 4. The van der Waals surface area contributed by atoms with E-state index in [1.165, 1.54) is 0 Å². The van der Waals surface area contributed by atoms with Gasteiger partial charge in [0.1, 0.15) is 13.2 Å². The smallest absolute Gasteiger partial charge is 0.158 e. The van der Waals surface area contributed by atoms with Crippen LogP contribution in [0.3, 0.4) is 0 Å². The molecule has 0 radical (unpaired) electrons. The molecule has 2 fully saturated rings. The van der Waals surface area contributed by atoms with E-state index in [1.54, 1.807) is 0 Å². The molecule has 2 unspecified atom stereocenters. The van der Waals surface area contributed by atoms with E-state index in [0.717, 1.165) is 51.7 Å². The molecular weight excluding hydrogens is 308 g/mol. The summed E-state index contributed by atoms with van der Waals surface area (Å²) in [6, 6.07) is 0. The average Bonchev–Trinajstić information content (AvgIpc) is 2.63. The summed E-state index contributed by atoms with van der Waals surface area (Å²) in [5.41, 5.74) is 0. The van der Waals surface area contributed by atoms with Crippen LogP contribution in [0.15, 0.2) is 0 Å². The Bertz CT molecular complexity index is 402. The Hall–Kier alpha value is -1.08. The summed E-state index contributed by atoms with van der Waals surface area (Å²) in [5, 5.41) is 9.81. The third-order valence-electron chi connectivity index (χ3n) is 3.88. The van der Waals surface area contributed by atoms with Gasteiger partial charge in [-0.05, 0) is 38.5 Å². The normalized spacial score (nSPS) is 25.0. The summed E-state index contributed by atoms with van der Waals surface area (Å²) < 4.78 is 21.9. The highest BCUT2D eigenvalue weighted by Gasteiger charge is 2.13. The van der Waals surface area contributed by atoms with Crippen LogP contribution >= 0.6 is 0 Å². The van der Waals surface area contributed by atoms with Crippen LogP contribution in [0.5, 0.6) is 0 Å². The molecule has 2 heterocycles. The Morgan fingerprint density at radius 2 is 1.29 bits per heavy atom. The van der Waals surface area contributed by atoms with Gasteiger partial charge in [-0.2, -0.15) is 0 Å². The zero-order valence-corrected chi connectivity index (χ0v) is 14.3. The maximum Gasteiger partial charge on any atom is 0.158 e. The zero-order chi connectivity index (χ0) is 16.9. The van der Waals surface area contributed by atoms with E-state index in [2.05, 4.69) is 23.7 Å². The van der Waals surface area contributed by atoms with Crippen molar-refractivity contribution in [3.8, 4) is 23.7 Å². The molecule has 0 aromatic rings. The summed E-state index contributed by atoms with van der Waals surface area (Å²) >= 11 is 0. The monoisotopic (exact) mass is 336 g/mol. The van der Waals surface area contributed by atoms with Gasteiger partial charge in [0.25, 0.3) is 0 Å². The van der Waals surface area contributed by atoms with Crippen LogP contribution < -0.4 is 0 Å². The van der Waals surface area contributed by atoms with Crippen LogP contribution in [0.4, 0.5) is 0 Å². The molecule has 0 amide bonds. The zero-order valence-electron chi connectivity index (χ0n) is 14.3. The Morgan fingerprint density at radius 1 is 0.792 bits per heavy atom. The van der Waals surface area contributed by atoms with Crippen LogP contribution in [-0.2, 0) is 18.9 Å². The number of aliphatic hydroxyl groups excluding tert-OH is 1. The van der Waals surface area contributed by atoms with E-state index in [9.17, 15) is 5.11 Å². The largest absolute Gasteiger partial charge is 0.391 e. The maximum absolute atomic E-state index is 9.81. The molecule has 24 heavy (non-hydrogen) atoms. The molecular formula is C19H28O5. The molecule has 5 heteroatoms. The van der Waals surface area contributed by atoms with E-state index in [0.29, 0.717) is 26.1 Å². The fourth-order valence-corrected chi connectivity index (χ4v) is 2.51. The van der Waals surface area contributed by atoms with Crippen molar-refractivity contribution in [2.75, 3.05) is 26.4 Å². The minimum atomic E-state index is -0.540. The van der Waals surface area contributed by atoms with Crippen molar-refractivity contribution in [2.24, 2.45) is 0 Å². The maximum atomic E-state index is 9.81. The van der Waals surface area contributed by atoms with Gasteiger partial charge in [0.15, 0.2) is 12.6 Å². The Kier molecular flexibility index (Phi) is 9.87. The van der Waals surface area contributed by atoms with Gasteiger partial charge in [-0.1, -0.05) is 23.7 Å². The van der Waals surface area contributed by atoms with Gasteiger partial charge in [-0.15, -0.1) is 0 Å². The van der Waals surface area contributed by atoms with Gasteiger partial charge in [-0.25, -0.2) is 0 Å². The first-order valence-electron chi connectivity index (χ1n) is 8.90. The summed E-state index contributed by atoms with van der Waals surface area (Å²) in [7, 11) is 0. The molecule has 1 N–H and O–H groups in total. The summed E-state index contributed by atoms with van der Waals surface area (Å²) in [6.45, 7) is 2.23. The number of hydrogen-bond donors (Lipinski definition) is 1. The molecule has 5 nitrogen and oxygen atoms in total. The fourth-order valence-electron chi connectivity index (χ4n) is 2.51. The summed E-state index contributed by atoms with van der Waals surface area (Å²) in [4.78, 5) is 0. The first kappa shape index (κ1) is 19.2. The second kappa shape index (κ2) is 12.3. The van der Waals surface area contributed by atoms with Crippen molar-refractivity contribution in [2.45, 2.75) is 70.1 Å². The van der Waals surface area contributed by atoms with Crippen molar-refractivity contribution in [1.29, 1.82) is 0 Å². The van der Waals surface area contributed by atoms with E-state index in [4.69, 9.17) is 18.9 Å². The lowest BCUT2D eigenvalue weighted by molar-refractivity contribution is -0.154. The van der Waals surface area contributed by atoms with E-state index < -0.39 is 6.10 Å². The highest BCUT2D eigenvalue weighted by atomic mass is 16.7. The molecule has 2 saturated heterocycles. The van der Waals surface area contributed by atoms with Gasteiger partial charge in [0.2, 0.25) is 0 Å². The molecule has 0 saturated carbocycles. The van der Waals surface area contributed by atoms with Crippen molar-refractivity contribution >= 4 is 0 Å². The second-order valence-corrected chi connectivity index (χ2v) is 5.98. The Morgan fingerprint density at radius 3 is 1.71 bits per heavy atom. The van der Waals surface area contributed by atoms with Crippen LogP contribution in [0.25, 0.3) is 0 Å². The Balaban J connectivity index is 1.48. The topological polar surface area (TPSA) is 57.2 Å². The molecule has 0 spiro atoms. The first-order chi connectivity index (χ1) is 11.8. The SMILES string of the molecule is OC(CC#CCOC1CCCCO1)CC#CCOC1CCCCO1. The lowest BCUT2D eigenvalue weighted by Gasteiger charge is -2.21. The second-order valence-electron chi connectivity index (χ2n) is 5.98. The molecule has 0 aromatic carbocycles. The third-order valence-corrected chi connectivity index (χ3v) is 3.88. The van der Waals surface area contributed by atoms with Gasteiger partial charge < -0.3 is 24.1 Å². The third kappa shape index (κ3) is 8.68. The van der Waals surface area contributed by atoms with Crippen molar-refractivity contribution in [3.05, 3.63) is 0 Å². The molecule has 0 bridgehead atoms. The van der Waals surface area contributed by atoms with Crippen molar-refractivity contribution < 1.29 is 24.1 Å². The van der Waals surface area contributed by atoms with Crippen LogP contribution in [-0.4, -0.2) is 50.2 Å². The lowest BCUT2D eigenvalue weighted by Crippen LogP contribution is -2.22. The molecule has 2 atom stereocenters. The van der Waals surface area contributed by atoms with Gasteiger partial charge >= 0.3 is 0 Å². The lowest BCUT2D eigenvalue weighted by atomic mass is 10.2. The molecule has 2 rings (SSSR count). The van der Waals surface area contributed by atoms with Crippen LogP contribution in [0, 0.1) is 23.7 Å². The molecule has 0 aliphatic carbocycles. The van der Waals surface area contributed by atoms with Crippen molar-refractivity contribution in [3.63, 3.8) is 0 Å². The predicted octanol–water partition coefficient (Wildman–Crippen LogP) is 2.22. The standard InChI is InChI=1S/C19H28O5/c20-17(9-1-5-13-21-18-11-3-7-15-23-18)10-2-6-14-22-19-12-4-8-16-24-19/h17-20H,3-4,7-16H2. The predicted molar refractivity (Wildman–Crippen MR) is 89.9 cm³/mol. The molecule has 2 aliphatic heterocycles. The van der Waals surface area contributed by atoms with Crippen LogP contribution in [0.2, 0.25) is 0 Å². The highest BCUT2D eigenvalue weighted by molar-refractivity contribution is 5.05. The van der Waals surface area contributed by atoms with E-state index in [1.807, 2.05) is 0 Å². The van der Waals surface area contributed by atoms with E-state index in [-0.39, 0.29) is 12.6 Å². The number of aliphatic hydroxyl groups is 1. The fraction of sp³-hybridized carbons (Fsp3) is 0.789. The minimum absolute atomic E-state index is 0.114. The van der Waals surface area contributed by atoms with Gasteiger partial charge in [-0.3, -0.25) is 0 Å². The number of hydrogen-bond acceptors (Lipinski definition) is 5. The molecule has 2 aliphatic rings. The van der Waals surface area contributed by atoms with Crippen molar-refractivity contribution in [1.82, 2.24) is 0 Å². The minimum Gasteiger partial charge on any atom is -0.391 e. The quantitative estimate of drug-likeness (QED) is 0.754. The van der Waals surface area contributed by atoms with Crippen LogP contribution in [0.1, 0.15) is 51.4 Å². The Labute approximate surface area is 145 Å². The van der Waals surface area contributed by atoms with Gasteiger partial charge in [0, 0.05) is 26.1 Å². The average molecular weight is 336 g/mol. The summed E-state index contributed by atoms with van der Waals surface area (Å²) in [6.07, 6.45) is 6.41. The summed E-state index contributed by atoms with van der Waals surface area (Å²) in [5.74, 6) is 11.6.